The van der Waals surface area contributed by atoms with E-state index in [1.54, 1.807) is 18.6 Å². The molecule has 2 amide bonds. The van der Waals surface area contributed by atoms with E-state index in [2.05, 4.69) is 10.1 Å². The minimum absolute atomic E-state index is 0.128. The van der Waals surface area contributed by atoms with Crippen molar-refractivity contribution in [3.8, 4) is 0 Å². The van der Waals surface area contributed by atoms with Crippen LogP contribution in [0.25, 0.3) is 0 Å². The van der Waals surface area contributed by atoms with Crippen molar-refractivity contribution in [2.24, 2.45) is 5.92 Å². The third-order valence-electron chi connectivity index (χ3n) is 6.68. The van der Waals surface area contributed by atoms with E-state index in [-0.39, 0.29) is 17.4 Å². The predicted octanol–water partition coefficient (Wildman–Crippen LogP) is 2.33. The van der Waals surface area contributed by atoms with Crippen LogP contribution in [-0.2, 0) is 21.7 Å². The summed E-state index contributed by atoms with van der Waals surface area (Å²) in [5.41, 5.74) is 0.745. The molecule has 4 heterocycles. The summed E-state index contributed by atoms with van der Waals surface area (Å²) in [6.07, 6.45) is 10.5. The van der Waals surface area contributed by atoms with E-state index in [4.69, 9.17) is 0 Å². The number of piperidine rings is 1. The molecule has 0 radical (unpaired) electrons. The van der Waals surface area contributed by atoms with Gasteiger partial charge in [0, 0.05) is 37.5 Å². The highest BCUT2D eigenvalue weighted by Crippen LogP contribution is 2.42. The molecule has 2 aromatic rings. The van der Waals surface area contributed by atoms with Gasteiger partial charge in [-0.3, -0.25) is 19.5 Å². The SMILES string of the molecule is O=C(C1CCC1)N1CCC2(CC1)CC(=O)N(Cc1ccncc1)c1ccnn12. The minimum Gasteiger partial charge on any atom is -0.342 e. The Kier molecular flexibility index (Phi) is 4.18. The van der Waals surface area contributed by atoms with Crippen LogP contribution in [0.4, 0.5) is 5.82 Å². The van der Waals surface area contributed by atoms with E-state index in [0.717, 1.165) is 37.1 Å². The van der Waals surface area contributed by atoms with Gasteiger partial charge in [-0.1, -0.05) is 6.42 Å². The Morgan fingerprint density at radius 3 is 2.54 bits per heavy atom. The third kappa shape index (κ3) is 2.80. The number of aromatic nitrogens is 3. The third-order valence-corrected chi connectivity index (χ3v) is 6.68. The molecule has 0 bridgehead atoms. The average molecular weight is 379 g/mol. The van der Waals surface area contributed by atoms with Gasteiger partial charge in [-0.25, -0.2) is 4.68 Å². The first-order chi connectivity index (χ1) is 13.7. The number of carbonyl (C=O) groups is 2. The highest BCUT2D eigenvalue weighted by atomic mass is 16.2. The Bertz CT molecular complexity index is 881. The van der Waals surface area contributed by atoms with Crippen molar-refractivity contribution in [3.63, 3.8) is 0 Å². The van der Waals surface area contributed by atoms with Crippen LogP contribution in [0.2, 0.25) is 0 Å². The van der Waals surface area contributed by atoms with Gasteiger partial charge in [-0.2, -0.15) is 5.10 Å². The van der Waals surface area contributed by atoms with Gasteiger partial charge in [0.25, 0.3) is 0 Å². The number of pyridine rings is 1. The molecule has 7 nitrogen and oxygen atoms in total. The van der Waals surface area contributed by atoms with E-state index in [1.807, 2.05) is 32.7 Å². The summed E-state index contributed by atoms with van der Waals surface area (Å²) >= 11 is 0. The zero-order valence-electron chi connectivity index (χ0n) is 16.0. The number of hydrogen-bond donors (Lipinski definition) is 0. The summed E-state index contributed by atoms with van der Waals surface area (Å²) in [5, 5.41) is 4.60. The summed E-state index contributed by atoms with van der Waals surface area (Å²) in [7, 11) is 0. The van der Waals surface area contributed by atoms with Gasteiger partial charge in [-0.05, 0) is 43.4 Å². The van der Waals surface area contributed by atoms with Gasteiger partial charge < -0.3 is 4.90 Å². The molecule has 3 aliphatic rings. The van der Waals surface area contributed by atoms with Gasteiger partial charge in [0.05, 0.1) is 24.7 Å². The Balaban J connectivity index is 1.36. The Morgan fingerprint density at radius 2 is 1.86 bits per heavy atom. The van der Waals surface area contributed by atoms with Crippen LogP contribution in [0.1, 0.15) is 44.1 Å². The maximum absolute atomic E-state index is 13.1. The molecule has 0 aromatic carbocycles. The van der Waals surface area contributed by atoms with Crippen molar-refractivity contribution in [1.82, 2.24) is 19.7 Å². The van der Waals surface area contributed by atoms with E-state index in [1.165, 1.54) is 6.42 Å². The number of nitrogens with zero attached hydrogens (tertiary/aromatic N) is 5. The lowest BCUT2D eigenvalue weighted by molar-refractivity contribution is -0.140. The van der Waals surface area contributed by atoms with E-state index in [9.17, 15) is 9.59 Å². The molecular formula is C21H25N5O2. The smallest absolute Gasteiger partial charge is 0.230 e. The minimum atomic E-state index is -0.305. The summed E-state index contributed by atoms with van der Waals surface area (Å²) < 4.78 is 2.04. The number of carbonyl (C=O) groups excluding carboxylic acids is 2. The molecule has 1 saturated heterocycles. The first-order valence-electron chi connectivity index (χ1n) is 10.2. The molecule has 7 heteroatoms. The number of fused-ring (bicyclic) bond motifs is 2. The van der Waals surface area contributed by atoms with Gasteiger partial charge in [0.1, 0.15) is 5.82 Å². The second-order valence-corrected chi connectivity index (χ2v) is 8.29. The molecule has 2 aliphatic heterocycles. The molecule has 5 rings (SSSR count). The van der Waals surface area contributed by atoms with Crippen LogP contribution in [0, 0.1) is 5.92 Å². The molecule has 1 spiro atoms. The van der Waals surface area contributed by atoms with Crippen LogP contribution in [-0.4, -0.2) is 44.6 Å². The maximum Gasteiger partial charge on any atom is 0.230 e. The fraction of sp³-hybridized carbons (Fsp3) is 0.524. The second kappa shape index (κ2) is 6.72. The lowest BCUT2D eigenvalue weighted by Crippen LogP contribution is -2.55. The standard InChI is InChI=1S/C21H25N5O2/c27-19-14-21(7-12-24(13-8-21)20(28)17-2-1-3-17)26-18(6-11-23-26)25(19)15-16-4-9-22-10-5-16/h4-6,9-11,17H,1-3,7-8,12-15H2. The summed E-state index contributed by atoms with van der Waals surface area (Å²) in [6.45, 7) is 1.95. The largest absolute Gasteiger partial charge is 0.342 e. The fourth-order valence-electron chi connectivity index (χ4n) is 4.73. The molecular weight excluding hydrogens is 354 g/mol. The average Bonchev–Trinajstić information content (AvgIpc) is 3.16. The molecule has 2 fully saturated rings. The first-order valence-corrected chi connectivity index (χ1v) is 10.2. The number of amides is 2. The van der Waals surface area contributed by atoms with E-state index >= 15 is 0 Å². The molecule has 0 atom stereocenters. The molecule has 28 heavy (non-hydrogen) atoms. The van der Waals surface area contributed by atoms with Crippen LogP contribution < -0.4 is 4.90 Å². The first kappa shape index (κ1) is 17.4. The number of rotatable bonds is 3. The Morgan fingerprint density at radius 1 is 1.11 bits per heavy atom. The van der Waals surface area contributed by atoms with Crippen LogP contribution in [0.5, 0.6) is 0 Å². The Labute approximate surface area is 164 Å². The highest BCUT2D eigenvalue weighted by molar-refractivity contribution is 5.94. The van der Waals surface area contributed by atoms with E-state index in [0.29, 0.717) is 32.0 Å². The van der Waals surface area contributed by atoms with Crippen molar-refractivity contribution >= 4 is 17.6 Å². The molecule has 1 aliphatic carbocycles. The van der Waals surface area contributed by atoms with Crippen LogP contribution >= 0.6 is 0 Å². The van der Waals surface area contributed by atoms with Crippen molar-refractivity contribution < 1.29 is 9.59 Å². The molecule has 0 unspecified atom stereocenters. The number of likely N-dealkylation sites (tertiary alicyclic amines) is 1. The second-order valence-electron chi connectivity index (χ2n) is 8.29. The van der Waals surface area contributed by atoms with Gasteiger partial charge in [0.15, 0.2) is 0 Å². The van der Waals surface area contributed by atoms with Crippen molar-refractivity contribution in [2.75, 3.05) is 18.0 Å². The zero-order chi connectivity index (χ0) is 19.1. The maximum atomic E-state index is 13.1. The Hall–Kier alpha value is -2.70. The van der Waals surface area contributed by atoms with Crippen LogP contribution in [0.3, 0.4) is 0 Å². The lowest BCUT2D eigenvalue weighted by atomic mass is 9.80. The lowest BCUT2D eigenvalue weighted by Gasteiger charge is -2.47. The number of hydrogen-bond acceptors (Lipinski definition) is 4. The zero-order valence-corrected chi connectivity index (χ0v) is 16.0. The topological polar surface area (TPSA) is 71.3 Å². The fourth-order valence-corrected chi connectivity index (χ4v) is 4.73. The van der Waals surface area contributed by atoms with Crippen LogP contribution in [0.15, 0.2) is 36.8 Å². The monoisotopic (exact) mass is 379 g/mol. The van der Waals surface area contributed by atoms with Gasteiger partial charge >= 0.3 is 0 Å². The molecule has 1 saturated carbocycles. The molecule has 146 valence electrons. The molecule has 0 N–H and O–H groups in total. The molecule has 2 aromatic heterocycles. The normalized spacial score (nSPS) is 21.5. The van der Waals surface area contributed by atoms with Gasteiger partial charge in [0.2, 0.25) is 11.8 Å². The quantitative estimate of drug-likeness (QED) is 0.821. The summed E-state index contributed by atoms with van der Waals surface area (Å²) in [4.78, 5) is 33.6. The highest BCUT2D eigenvalue weighted by Gasteiger charge is 2.46. The van der Waals surface area contributed by atoms with Crippen molar-refractivity contribution in [2.45, 2.75) is 50.6 Å². The number of anilines is 1. The van der Waals surface area contributed by atoms with Gasteiger partial charge in [-0.15, -0.1) is 0 Å². The van der Waals surface area contributed by atoms with E-state index < -0.39 is 0 Å². The summed E-state index contributed by atoms with van der Waals surface area (Å²) in [6, 6.07) is 5.79. The van der Waals surface area contributed by atoms with Crippen molar-refractivity contribution in [1.29, 1.82) is 0 Å². The predicted molar refractivity (Wildman–Crippen MR) is 103 cm³/mol. The van der Waals surface area contributed by atoms with Crippen molar-refractivity contribution in [3.05, 3.63) is 42.4 Å². The summed E-state index contributed by atoms with van der Waals surface area (Å²) in [5.74, 6) is 1.52.